The van der Waals surface area contributed by atoms with Crippen LogP contribution in [-0.4, -0.2) is 31.0 Å². The first-order valence-electron chi connectivity index (χ1n) is 7.01. The molecule has 1 N–H and O–H groups in total. The van der Waals surface area contributed by atoms with Crippen molar-refractivity contribution in [1.29, 1.82) is 0 Å². The molecule has 6 heteroatoms. The van der Waals surface area contributed by atoms with Crippen molar-refractivity contribution >= 4 is 11.3 Å². The van der Waals surface area contributed by atoms with Crippen LogP contribution in [0.3, 0.4) is 0 Å². The van der Waals surface area contributed by atoms with Gasteiger partial charge < -0.3 is 9.67 Å². The molecule has 0 aliphatic carbocycles. The molecule has 0 atom stereocenters. The Balaban J connectivity index is 1.83. The third kappa shape index (κ3) is 3.11. The number of hydrogen-bond acceptors (Lipinski definition) is 4. The Bertz CT molecular complexity index is 818. The summed E-state index contributed by atoms with van der Waals surface area (Å²) in [5.41, 5.74) is 2.06. The molecule has 0 bridgehead atoms. The highest BCUT2D eigenvalue weighted by Gasteiger charge is 2.09. The van der Waals surface area contributed by atoms with Crippen LogP contribution >= 0.6 is 11.3 Å². The predicted molar refractivity (Wildman–Crippen MR) is 86.5 cm³/mol. The highest BCUT2D eigenvalue weighted by atomic mass is 32.1. The van der Waals surface area contributed by atoms with Crippen LogP contribution in [0.15, 0.2) is 36.2 Å². The number of rotatable bonds is 4. The summed E-state index contributed by atoms with van der Waals surface area (Å²) in [6.45, 7) is 3.56. The number of thiophene rings is 1. The Morgan fingerprint density at radius 3 is 3.09 bits per heavy atom. The van der Waals surface area contributed by atoms with Gasteiger partial charge in [0.05, 0.1) is 17.6 Å². The summed E-state index contributed by atoms with van der Waals surface area (Å²) in [6.07, 6.45) is 7.71. The number of aryl methyl sites for hydroxylation is 1. The lowest BCUT2D eigenvalue weighted by Crippen LogP contribution is -1.99. The van der Waals surface area contributed by atoms with Gasteiger partial charge in [0.1, 0.15) is 12.4 Å². The molecule has 0 aliphatic heterocycles. The van der Waals surface area contributed by atoms with Gasteiger partial charge in [-0.2, -0.15) is 5.10 Å². The molecule has 3 rings (SSSR count). The first-order chi connectivity index (χ1) is 10.8. The molecular formula is C16H16N4OS. The van der Waals surface area contributed by atoms with Crippen molar-refractivity contribution in [2.24, 2.45) is 0 Å². The average molecular weight is 312 g/mol. The van der Waals surface area contributed by atoms with Crippen LogP contribution in [0.1, 0.15) is 18.1 Å². The highest BCUT2D eigenvalue weighted by Crippen LogP contribution is 2.26. The van der Waals surface area contributed by atoms with Crippen LogP contribution in [0.2, 0.25) is 0 Å². The monoisotopic (exact) mass is 312 g/mol. The Morgan fingerprint density at radius 1 is 1.41 bits per heavy atom. The molecule has 3 aromatic heterocycles. The lowest BCUT2D eigenvalue weighted by molar-refractivity contribution is 0.350. The van der Waals surface area contributed by atoms with Gasteiger partial charge in [0.25, 0.3) is 0 Å². The standard InChI is InChI=1S/C16H16N4OS/c1-2-20-11-14(9-18-20)10-19-6-5-17-16(19)15-8-13(12-22-15)4-3-7-21/h5-6,8-9,11-12,21H,2,7,10H2,1H3. The van der Waals surface area contributed by atoms with Gasteiger partial charge in [-0.15, -0.1) is 11.3 Å². The maximum Gasteiger partial charge on any atom is 0.150 e. The number of aromatic nitrogens is 4. The van der Waals surface area contributed by atoms with Crippen molar-refractivity contribution in [3.8, 4) is 22.5 Å². The van der Waals surface area contributed by atoms with E-state index in [1.54, 1.807) is 17.5 Å². The zero-order chi connectivity index (χ0) is 15.4. The molecule has 0 aromatic carbocycles. The number of aliphatic hydroxyl groups excluding tert-OH is 1. The van der Waals surface area contributed by atoms with E-state index in [1.807, 2.05) is 28.5 Å². The van der Waals surface area contributed by atoms with E-state index in [2.05, 4.69) is 39.6 Å². The minimum atomic E-state index is -0.124. The van der Waals surface area contributed by atoms with Gasteiger partial charge >= 0.3 is 0 Å². The largest absolute Gasteiger partial charge is 0.384 e. The van der Waals surface area contributed by atoms with Gasteiger partial charge in [-0.1, -0.05) is 11.8 Å². The summed E-state index contributed by atoms with van der Waals surface area (Å²) < 4.78 is 4.02. The minimum absolute atomic E-state index is 0.124. The SMILES string of the molecule is CCn1cc(Cn2ccnc2-c2cc(C#CCO)cs2)cn1. The maximum atomic E-state index is 8.75. The first-order valence-corrected chi connectivity index (χ1v) is 7.89. The average Bonchev–Trinajstić information content (AvgIpc) is 3.25. The summed E-state index contributed by atoms with van der Waals surface area (Å²) in [5.74, 6) is 6.50. The quantitative estimate of drug-likeness (QED) is 0.752. The van der Waals surface area contributed by atoms with E-state index in [-0.39, 0.29) is 6.61 Å². The van der Waals surface area contributed by atoms with E-state index in [4.69, 9.17) is 5.11 Å². The zero-order valence-corrected chi connectivity index (χ0v) is 13.0. The molecule has 0 saturated heterocycles. The summed E-state index contributed by atoms with van der Waals surface area (Å²) >= 11 is 1.60. The molecule has 5 nitrogen and oxygen atoms in total. The fourth-order valence-corrected chi connectivity index (χ4v) is 3.03. The number of nitrogens with zero attached hydrogens (tertiary/aromatic N) is 4. The molecule has 112 valence electrons. The topological polar surface area (TPSA) is 55.9 Å². The van der Waals surface area contributed by atoms with Gasteiger partial charge in [0.2, 0.25) is 0 Å². The Morgan fingerprint density at radius 2 is 2.32 bits per heavy atom. The molecule has 0 radical (unpaired) electrons. The summed E-state index contributed by atoms with van der Waals surface area (Å²) in [6, 6.07) is 2.00. The highest BCUT2D eigenvalue weighted by molar-refractivity contribution is 7.13. The lowest BCUT2D eigenvalue weighted by Gasteiger charge is -2.04. The number of aliphatic hydroxyl groups is 1. The van der Waals surface area contributed by atoms with E-state index in [9.17, 15) is 0 Å². The van der Waals surface area contributed by atoms with Crippen LogP contribution in [0.4, 0.5) is 0 Å². The Kier molecular flexibility index (Phi) is 4.37. The van der Waals surface area contributed by atoms with E-state index in [1.165, 1.54) is 0 Å². The van der Waals surface area contributed by atoms with Crippen LogP contribution < -0.4 is 0 Å². The number of imidazole rings is 1. The Hall–Kier alpha value is -2.36. The molecule has 0 unspecified atom stereocenters. The fraction of sp³-hybridized carbons (Fsp3) is 0.250. The van der Waals surface area contributed by atoms with Crippen molar-refractivity contribution in [2.45, 2.75) is 20.0 Å². The molecule has 0 saturated carbocycles. The van der Waals surface area contributed by atoms with Crippen molar-refractivity contribution in [1.82, 2.24) is 19.3 Å². The molecular weight excluding hydrogens is 296 g/mol. The molecule has 0 spiro atoms. The van der Waals surface area contributed by atoms with Gasteiger partial charge in [-0.05, 0) is 13.0 Å². The smallest absolute Gasteiger partial charge is 0.150 e. The van der Waals surface area contributed by atoms with Crippen molar-refractivity contribution < 1.29 is 5.11 Å². The second-order valence-corrected chi connectivity index (χ2v) is 5.65. The van der Waals surface area contributed by atoms with Crippen molar-refractivity contribution in [2.75, 3.05) is 6.61 Å². The molecule has 3 aromatic rings. The van der Waals surface area contributed by atoms with Crippen LogP contribution in [0.5, 0.6) is 0 Å². The maximum absolute atomic E-state index is 8.75. The molecule has 0 fully saturated rings. The minimum Gasteiger partial charge on any atom is -0.384 e. The van der Waals surface area contributed by atoms with Crippen LogP contribution in [0, 0.1) is 11.8 Å². The first kappa shape index (κ1) is 14.6. The van der Waals surface area contributed by atoms with Gasteiger partial charge in [0, 0.05) is 41.6 Å². The fourth-order valence-electron chi connectivity index (χ4n) is 2.18. The van der Waals surface area contributed by atoms with Gasteiger partial charge in [0.15, 0.2) is 0 Å². The molecule has 0 aliphatic rings. The Labute approximate surface area is 132 Å². The van der Waals surface area contributed by atoms with Gasteiger partial charge in [-0.3, -0.25) is 4.68 Å². The van der Waals surface area contributed by atoms with Crippen LogP contribution in [-0.2, 0) is 13.1 Å². The van der Waals surface area contributed by atoms with Crippen molar-refractivity contribution in [3.05, 3.63) is 47.4 Å². The zero-order valence-electron chi connectivity index (χ0n) is 12.2. The predicted octanol–water partition coefficient (Wildman–Crippen LogP) is 2.22. The van der Waals surface area contributed by atoms with E-state index >= 15 is 0 Å². The van der Waals surface area contributed by atoms with E-state index in [0.29, 0.717) is 0 Å². The van der Waals surface area contributed by atoms with Crippen LogP contribution in [0.25, 0.3) is 10.7 Å². The summed E-state index contributed by atoms with van der Waals surface area (Å²) in [7, 11) is 0. The molecule has 22 heavy (non-hydrogen) atoms. The molecule has 3 heterocycles. The van der Waals surface area contributed by atoms with Gasteiger partial charge in [-0.25, -0.2) is 4.98 Å². The molecule has 0 amide bonds. The lowest BCUT2D eigenvalue weighted by atomic mass is 10.3. The third-order valence-corrected chi connectivity index (χ3v) is 4.14. The van der Waals surface area contributed by atoms with E-state index < -0.39 is 0 Å². The second kappa shape index (κ2) is 6.60. The summed E-state index contributed by atoms with van der Waals surface area (Å²) in [4.78, 5) is 5.52. The van der Waals surface area contributed by atoms with E-state index in [0.717, 1.165) is 34.9 Å². The van der Waals surface area contributed by atoms with Crippen molar-refractivity contribution in [3.63, 3.8) is 0 Å². The normalized spacial score (nSPS) is 10.5. The summed E-state index contributed by atoms with van der Waals surface area (Å²) in [5, 5.41) is 15.0. The number of hydrogen-bond donors (Lipinski definition) is 1. The third-order valence-electron chi connectivity index (χ3n) is 3.21. The second-order valence-electron chi connectivity index (χ2n) is 4.74.